The molecule has 1 heterocycles. The Morgan fingerprint density at radius 1 is 1.00 bits per heavy atom. The molecule has 3 aromatic rings. The first kappa shape index (κ1) is 19.9. The molecule has 0 unspecified atom stereocenters. The molecule has 5 rings (SSSR count). The van der Waals surface area contributed by atoms with Gasteiger partial charge in [0.15, 0.2) is 20.4 Å². The third kappa shape index (κ3) is 3.42. The van der Waals surface area contributed by atoms with Crippen molar-refractivity contribution in [3.8, 4) is 11.4 Å². The molecule has 0 bridgehead atoms. The van der Waals surface area contributed by atoms with Gasteiger partial charge in [-0.1, -0.05) is 31.0 Å². The van der Waals surface area contributed by atoms with Crippen LogP contribution < -0.4 is 5.32 Å². The fourth-order valence-corrected chi connectivity index (χ4v) is 6.37. The van der Waals surface area contributed by atoms with E-state index in [4.69, 9.17) is 0 Å². The molecule has 2 aliphatic rings. The normalized spacial score (nSPS) is 18.1. The molecule has 2 saturated carbocycles. The number of hydrogen-bond donors (Lipinski definition) is 1. The molecule has 8 nitrogen and oxygen atoms in total. The molecule has 160 valence electrons. The smallest absolute Gasteiger partial charge is 0.246 e. The molecule has 0 aliphatic heterocycles. The molecular weight excluding hydrogens is 414 g/mol. The minimum atomic E-state index is -3.81. The molecule has 0 saturated heterocycles. The third-order valence-electron chi connectivity index (χ3n) is 6.18. The maximum atomic E-state index is 13.4. The van der Waals surface area contributed by atoms with Crippen LogP contribution in [0.5, 0.6) is 0 Å². The largest absolute Gasteiger partial charge is 0.325 e. The Kier molecular flexibility index (Phi) is 4.85. The summed E-state index contributed by atoms with van der Waals surface area (Å²) in [4.78, 5) is 13.5. The Morgan fingerprint density at radius 3 is 2.32 bits per heavy atom. The molecule has 0 radical (unpaired) electrons. The summed E-state index contributed by atoms with van der Waals surface area (Å²) >= 11 is 0. The van der Waals surface area contributed by atoms with E-state index in [1.807, 2.05) is 16.8 Å². The minimum Gasteiger partial charge on any atom is -0.325 e. The van der Waals surface area contributed by atoms with Crippen molar-refractivity contribution in [1.82, 2.24) is 20.2 Å². The standard InChI is InChI=1S/C22H23N5O3S/c28-21(22(14-4-5-15-22)31(29,30)19-6-2-1-3-7-19)23-17-10-8-16(9-11-17)20-24-25-26-27(20)18-12-13-18/h1-3,6-11,18H,4-5,12-15H2,(H,23,28). The summed E-state index contributed by atoms with van der Waals surface area (Å²) in [5, 5.41) is 14.8. The number of carbonyl (C=O) groups is 1. The molecule has 1 aromatic heterocycles. The number of nitrogens with zero attached hydrogens (tertiary/aromatic N) is 4. The van der Waals surface area contributed by atoms with Crippen LogP contribution in [-0.4, -0.2) is 39.3 Å². The van der Waals surface area contributed by atoms with E-state index in [0.717, 1.165) is 18.4 Å². The monoisotopic (exact) mass is 437 g/mol. The lowest BCUT2D eigenvalue weighted by Gasteiger charge is -2.27. The number of hydrogen-bond acceptors (Lipinski definition) is 6. The molecule has 0 spiro atoms. The second kappa shape index (κ2) is 7.56. The number of nitrogens with one attached hydrogen (secondary N) is 1. The molecular formula is C22H23N5O3S. The number of sulfone groups is 1. The summed E-state index contributed by atoms with van der Waals surface area (Å²) in [6.07, 6.45) is 4.22. The van der Waals surface area contributed by atoms with Crippen molar-refractivity contribution in [1.29, 1.82) is 0 Å². The number of aromatic nitrogens is 4. The topological polar surface area (TPSA) is 107 Å². The zero-order chi connectivity index (χ0) is 21.5. The maximum Gasteiger partial charge on any atom is 0.246 e. The van der Waals surface area contributed by atoms with Gasteiger partial charge in [0, 0.05) is 11.3 Å². The van der Waals surface area contributed by atoms with E-state index in [1.54, 1.807) is 42.5 Å². The van der Waals surface area contributed by atoms with E-state index >= 15 is 0 Å². The zero-order valence-electron chi connectivity index (χ0n) is 16.9. The molecule has 1 amide bonds. The van der Waals surface area contributed by atoms with Gasteiger partial charge >= 0.3 is 0 Å². The highest BCUT2D eigenvalue weighted by Gasteiger charge is 2.52. The van der Waals surface area contributed by atoms with E-state index < -0.39 is 20.5 Å². The number of tetrazole rings is 1. The van der Waals surface area contributed by atoms with Crippen LogP contribution >= 0.6 is 0 Å². The van der Waals surface area contributed by atoms with Gasteiger partial charge in [-0.3, -0.25) is 4.79 Å². The van der Waals surface area contributed by atoms with Crippen LogP contribution in [0.25, 0.3) is 11.4 Å². The zero-order valence-corrected chi connectivity index (χ0v) is 17.8. The van der Waals surface area contributed by atoms with Crippen molar-refractivity contribution in [2.45, 2.75) is 54.2 Å². The summed E-state index contributed by atoms with van der Waals surface area (Å²) in [5.41, 5.74) is 1.40. The fourth-order valence-electron chi connectivity index (χ4n) is 4.29. The highest BCUT2D eigenvalue weighted by Crippen LogP contribution is 2.41. The van der Waals surface area contributed by atoms with E-state index in [2.05, 4.69) is 20.8 Å². The summed E-state index contributed by atoms with van der Waals surface area (Å²) in [7, 11) is -3.81. The van der Waals surface area contributed by atoms with Gasteiger partial charge in [0.05, 0.1) is 10.9 Å². The van der Waals surface area contributed by atoms with Crippen LogP contribution in [0.2, 0.25) is 0 Å². The van der Waals surface area contributed by atoms with Crippen molar-refractivity contribution in [3.05, 3.63) is 54.6 Å². The van der Waals surface area contributed by atoms with Crippen LogP contribution in [0.4, 0.5) is 5.69 Å². The molecule has 0 atom stereocenters. The van der Waals surface area contributed by atoms with Crippen molar-refractivity contribution >= 4 is 21.4 Å². The third-order valence-corrected chi connectivity index (χ3v) is 8.69. The van der Waals surface area contributed by atoms with Gasteiger partial charge in [-0.25, -0.2) is 13.1 Å². The van der Waals surface area contributed by atoms with E-state index in [-0.39, 0.29) is 4.90 Å². The number of benzene rings is 2. The summed E-state index contributed by atoms with van der Waals surface area (Å²) in [6.45, 7) is 0. The van der Waals surface area contributed by atoms with Crippen LogP contribution in [0.3, 0.4) is 0 Å². The summed E-state index contributed by atoms with van der Waals surface area (Å²) < 4.78 is 27.2. The lowest BCUT2D eigenvalue weighted by atomic mass is 10.1. The van der Waals surface area contributed by atoms with Gasteiger partial charge < -0.3 is 5.32 Å². The Morgan fingerprint density at radius 2 is 1.68 bits per heavy atom. The Balaban J connectivity index is 1.40. The average Bonchev–Trinajstić information content (AvgIpc) is 3.29. The van der Waals surface area contributed by atoms with Crippen molar-refractivity contribution < 1.29 is 13.2 Å². The highest BCUT2D eigenvalue weighted by molar-refractivity contribution is 7.93. The van der Waals surface area contributed by atoms with Crippen molar-refractivity contribution in [2.24, 2.45) is 0 Å². The fraction of sp³-hybridized carbons (Fsp3) is 0.364. The molecule has 2 aromatic carbocycles. The molecule has 9 heteroatoms. The minimum absolute atomic E-state index is 0.189. The summed E-state index contributed by atoms with van der Waals surface area (Å²) in [5.74, 6) is 0.226. The van der Waals surface area contributed by atoms with E-state index in [0.29, 0.717) is 43.2 Å². The number of rotatable bonds is 6. The predicted octanol–water partition coefficient (Wildman–Crippen LogP) is 3.40. The Hall–Kier alpha value is -3.07. The van der Waals surface area contributed by atoms with Crippen LogP contribution in [0, 0.1) is 0 Å². The van der Waals surface area contributed by atoms with Gasteiger partial charge in [-0.05, 0) is 72.5 Å². The number of carbonyl (C=O) groups excluding carboxylic acids is 1. The number of amides is 1. The first-order chi connectivity index (χ1) is 15.0. The predicted molar refractivity (Wildman–Crippen MR) is 115 cm³/mol. The van der Waals surface area contributed by atoms with Crippen LogP contribution in [0.1, 0.15) is 44.6 Å². The van der Waals surface area contributed by atoms with E-state index in [1.165, 1.54) is 0 Å². The maximum absolute atomic E-state index is 13.4. The van der Waals surface area contributed by atoms with Crippen molar-refractivity contribution in [2.75, 3.05) is 5.32 Å². The Labute approximate surface area is 180 Å². The van der Waals surface area contributed by atoms with Gasteiger partial charge in [0.2, 0.25) is 5.91 Å². The molecule has 1 N–H and O–H groups in total. The van der Waals surface area contributed by atoms with Gasteiger partial charge in [0.1, 0.15) is 0 Å². The first-order valence-corrected chi connectivity index (χ1v) is 12.0. The molecule has 2 aliphatic carbocycles. The lowest BCUT2D eigenvalue weighted by molar-refractivity contribution is -0.118. The average molecular weight is 438 g/mol. The molecule has 2 fully saturated rings. The lowest BCUT2D eigenvalue weighted by Crippen LogP contribution is -2.47. The van der Waals surface area contributed by atoms with Crippen LogP contribution in [-0.2, 0) is 14.6 Å². The first-order valence-electron chi connectivity index (χ1n) is 10.5. The van der Waals surface area contributed by atoms with Crippen molar-refractivity contribution in [3.63, 3.8) is 0 Å². The second-order valence-corrected chi connectivity index (χ2v) is 10.5. The molecule has 31 heavy (non-hydrogen) atoms. The number of anilines is 1. The SMILES string of the molecule is O=C(Nc1ccc(-c2nnnn2C2CC2)cc1)C1(S(=O)(=O)c2ccccc2)CCCC1. The summed E-state index contributed by atoms with van der Waals surface area (Å²) in [6, 6.07) is 15.8. The Bertz CT molecular complexity index is 1200. The van der Waals surface area contributed by atoms with Gasteiger partial charge in [0.25, 0.3) is 0 Å². The highest BCUT2D eigenvalue weighted by atomic mass is 32.2. The van der Waals surface area contributed by atoms with E-state index in [9.17, 15) is 13.2 Å². The quantitative estimate of drug-likeness (QED) is 0.633. The van der Waals surface area contributed by atoms with Crippen LogP contribution in [0.15, 0.2) is 59.5 Å². The van der Waals surface area contributed by atoms with Gasteiger partial charge in [-0.2, -0.15) is 0 Å². The second-order valence-electron chi connectivity index (χ2n) is 8.23. The van der Waals surface area contributed by atoms with Gasteiger partial charge in [-0.15, -0.1) is 5.10 Å².